The van der Waals surface area contributed by atoms with Gasteiger partial charge in [-0.05, 0) is 24.1 Å². The van der Waals surface area contributed by atoms with Crippen LogP contribution >= 0.6 is 0 Å². The molecule has 11 heteroatoms. The molecule has 3 aliphatic rings. The second kappa shape index (κ2) is 10.8. The van der Waals surface area contributed by atoms with Crippen molar-refractivity contribution in [3.8, 4) is 11.3 Å². The van der Waals surface area contributed by atoms with Crippen LogP contribution in [0.15, 0.2) is 36.9 Å². The second-order valence-electron chi connectivity index (χ2n) is 8.98. The maximum atomic E-state index is 15.2. The first-order valence-corrected chi connectivity index (χ1v) is 12.1. The van der Waals surface area contributed by atoms with Crippen LogP contribution in [-0.4, -0.2) is 84.0 Å². The first-order valence-electron chi connectivity index (χ1n) is 12.1. The van der Waals surface area contributed by atoms with Crippen LogP contribution in [0.4, 0.5) is 21.8 Å². The maximum absolute atomic E-state index is 15.2. The third kappa shape index (κ3) is 4.87. The number of halogens is 1. The third-order valence-corrected chi connectivity index (χ3v) is 6.75. The van der Waals surface area contributed by atoms with E-state index in [-0.39, 0.29) is 12.0 Å². The number of anilines is 3. The number of nitrogens with zero attached hydrogens (tertiary/aromatic N) is 7. The molecule has 0 aliphatic carbocycles. The molecule has 0 spiro atoms. The minimum absolute atomic E-state index is 0. The first-order chi connectivity index (χ1) is 17.3. The van der Waals surface area contributed by atoms with Gasteiger partial charge in [0.1, 0.15) is 18.0 Å². The van der Waals surface area contributed by atoms with Gasteiger partial charge in [-0.2, -0.15) is 4.98 Å². The monoisotopic (exact) mass is 494 g/mol. The van der Waals surface area contributed by atoms with Gasteiger partial charge < -0.3 is 25.4 Å². The summed E-state index contributed by atoms with van der Waals surface area (Å²) in [7, 11) is 0. The third-order valence-electron chi connectivity index (χ3n) is 6.75. The van der Waals surface area contributed by atoms with Crippen LogP contribution in [0.3, 0.4) is 0 Å². The van der Waals surface area contributed by atoms with Gasteiger partial charge in [0.25, 0.3) is 0 Å². The first kappa shape index (κ1) is 24.4. The Balaban J connectivity index is 0.00000267. The number of benzene rings is 1. The van der Waals surface area contributed by atoms with E-state index >= 15 is 4.39 Å². The van der Waals surface area contributed by atoms with Gasteiger partial charge in [-0.1, -0.05) is 6.07 Å². The molecule has 10 nitrogen and oxygen atoms in total. The molecular weight excluding hydrogens is 463 g/mol. The van der Waals surface area contributed by atoms with Crippen molar-refractivity contribution in [1.29, 1.82) is 0 Å². The molecule has 1 aromatic carbocycles. The smallest absolute Gasteiger partial charge is 0.228 e. The molecule has 0 atom stereocenters. The van der Waals surface area contributed by atoms with Crippen molar-refractivity contribution in [2.45, 2.75) is 13.0 Å². The summed E-state index contributed by atoms with van der Waals surface area (Å²) in [5.41, 5.74) is 4.27. The summed E-state index contributed by atoms with van der Waals surface area (Å²) < 4.78 is 26.2. The van der Waals surface area contributed by atoms with E-state index in [1.807, 2.05) is 17.0 Å². The largest absolute Gasteiger partial charge is 0.379 e. The Hall–Kier alpha value is -3.25. The number of hydrogen-bond acceptors (Lipinski definition) is 10. The van der Waals surface area contributed by atoms with Crippen molar-refractivity contribution in [2.75, 3.05) is 69.0 Å². The zero-order valence-corrected chi connectivity index (χ0v) is 20.3. The number of rotatable bonds is 5. The normalized spacial score (nSPS) is 18.1. The van der Waals surface area contributed by atoms with Gasteiger partial charge in [-0.3, -0.25) is 4.90 Å². The molecule has 2 aromatic heterocycles. The average Bonchev–Trinajstić information content (AvgIpc) is 3.35. The van der Waals surface area contributed by atoms with Gasteiger partial charge in [0.2, 0.25) is 5.95 Å². The van der Waals surface area contributed by atoms with E-state index < -0.39 is 0 Å². The van der Waals surface area contributed by atoms with Gasteiger partial charge in [0.15, 0.2) is 0 Å². The zero-order valence-electron chi connectivity index (χ0n) is 20.3. The van der Waals surface area contributed by atoms with Gasteiger partial charge in [-0.15, -0.1) is 0 Å². The minimum atomic E-state index is -0.250. The van der Waals surface area contributed by atoms with Gasteiger partial charge in [-0.25, -0.2) is 19.3 Å². The molecule has 190 valence electrons. The Morgan fingerprint density at radius 3 is 2.36 bits per heavy atom. The molecule has 0 amide bonds. The summed E-state index contributed by atoms with van der Waals surface area (Å²) in [6.07, 6.45) is 5.77. The summed E-state index contributed by atoms with van der Waals surface area (Å²) in [4.78, 5) is 24.7. The van der Waals surface area contributed by atoms with Crippen LogP contribution in [0.25, 0.3) is 11.3 Å². The minimum Gasteiger partial charge on any atom is -0.379 e. The molecule has 3 aliphatic heterocycles. The molecular formula is C25H31FN8O2. The lowest BCUT2D eigenvalue weighted by Crippen LogP contribution is -2.37. The van der Waals surface area contributed by atoms with E-state index in [1.54, 1.807) is 18.5 Å². The molecule has 0 unspecified atom stereocenters. The standard InChI is InChI=1S/C25H28FN7O2.H3N/c26-21-2-1-18(16-31-5-9-34-10-6-31)13-22(21)33-4-3-20-23(19-14-27-17-28-15-19)29-25(30-24(20)33)32-7-11-35-12-8-32;/h1-2,13-15,17H,3-12,16H2;1H3. The van der Waals surface area contributed by atoms with E-state index in [1.165, 1.54) is 6.33 Å². The highest BCUT2D eigenvalue weighted by atomic mass is 19.1. The quantitative estimate of drug-likeness (QED) is 0.567. The Bertz CT molecular complexity index is 1190. The maximum Gasteiger partial charge on any atom is 0.228 e. The molecule has 3 aromatic rings. The van der Waals surface area contributed by atoms with E-state index in [2.05, 4.69) is 19.8 Å². The topological polar surface area (TPSA) is 115 Å². The predicted molar refractivity (Wildman–Crippen MR) is 134 cm³/mol. The van der Waals surface area contributed by atoms with Crippen LogP contribution in [0, 0.1) is 5.82 Å². The van der Waals surface area contributed by atoms with Crippen LogP contribution in [0.2, 0.25) is 0 Å². The highest BCUT2D eigenvalue weighted by Gasteiger charge is 2.30. The van der Waals surface area contributed by atoms with E-state index in [4.69, 9.17) is 19.4 Å². The highest BCUT2D eigenvalue weighted by molar-refractivity contribution is 5.77. The van der Waals surface area contributed by atoms with Crippen molar-refractivity contribution in [2.24, 2.45) is 0 Å². The fraction of sp³-hybridized carbons (Fsp3) is 0.440. The van der Waals surface area contributed by atoms with Gasteiger partial charge in [0.05, 0.1) is 37.8 Å². The number of fused-ring (bicyclic) bond motifs is 1. The highest BCUT2D eigenvalue weighted by Crippen LogP contribution is 2.40. The zero-order chi connectivity index (χ0) is 23.6. The summed E-state index contributed by atoms with van der Waals surface area (Å²) >= 11 is 0. The van der Waals surface area contributed by atoms with E-state index in [0.717, 1.165) is 67.5 Å². The molecule has 0 radical (unpaired) electrons. The van der Waals surface area contributed by atoms with Crippen molar-refractivity contribution >= 4 is 17.5 Å². The number of ether oxygens (including phenoxy) is 2. The molecule has 36 heavy (non-hydrogen) atoms. The van der Waals surface area contributed by atoms with Crippen molar-refractivity contribution in [3.05, 3.63) is 53.9 Å². The Labute approximate surface area is 209 Å². The predicted octanol–water partition coefficient (Wildman–Crippen LogP) is 2.60. The lowest BCUT2D eigenvalue weighted by molar-refractivity contribution is 0.0342. The van der Waals surface area contributed by atoms with Crippen LogP contribution in [0.5, 0.6) is 0 Å². The number of aromatic nitrogens is 4. The van der Waals surface area contributed by atoms with Crippen molar-refractivity contribution in [3.63, 3.8) is 0 Å². The van der Waals surface area contributed by atoms with Crippen LogP contribution in [0.1, 0.15) is 11.1 Å². The Morgan fingerprint density at radius 2 is 1.61 bits per heavy atom. The SMILES string of the molecule is Fc1ccc(CN2CCOCC2)cc1N1CCc2c(-c3cncnc3)nc(N3CCOCC3)nc21.N. The number of morpholine rings is 2. The number of hydrogen-bond donors (Lipinski definition) is 1. The van der Waals surface area contributed by atoms with Crippen molar-refractivity contribution < 1.29 is 13.9 Å². The summed E-state index contributed by atoms with van der Waals surface area (Å²) in [5.74, 6) is 1.13. The fourth-order valence-corrected chi connectivity index (χ4v) is 4.92. The Morgan fingerprint density at radius 1 is 0.889 bits per heavy atom. The molecule has 5 heterocycles. The van der Waals surface area contributed by atoms with Crippen LogP contribution in [-0.2, 0) is 22.4 Å². The molecule has 2 saturated heterocycles. The van der Waals surface area contributed by atoms with E-state index in [0.29, 0.717) is 44.5 Å². The summed E-state index contributed by atoms with van der Waals surface area (Å²) in [6, 6.07) is 5.40. The molecule has 0 bridgehead atoms. The molecule has 0 saturated carbocycles. The van der Waals surface area contributed by atoms with Crippen molar-refractivity contribution in [1.82, 2.24) is 31.0 Å². The molecule has 2 fully saturated rings. The van der Waals surface area contributed by atoms with Crippen LogP contribution < -0.4 is 16.0 Å². The fourth-order valence-electron chi connectivity index (χ4n) is 4.92. The molecule has 3 N–H and O–H groups in total. The lowest BCUT2D eigenvalue weighted by Gasteiger charge is -2.29. The summed E-state index contributed by atoms with van der Waals surface area (Å²) in [5, 5.41) is 0. The summed E-state index contributed by atoms with van der Waals surface area (Å²) in [6.45, 7) is 7.34. The molecule has 6 rings (SSSR count). The van der Waals surface area contributed by atoms with Gasteiger partial charge >= 0.3 is 0 Å². The second-order valence-corrected chi connectivity index (χ2v) is 8.98. The Kier molecular flexibility index (Phi) is 7.33. The average molecular weight is 495 g/mol. The van der Waals surface area contributed by atoms with Gasteiger partial charge in [0, 0.05) is 62.8 Å². The van der Waals surface area contributed by atoms with E-state index in [9.17, 15) is 0 Å². The lowest BCUT2D eigenvalue weighted by atomic mass is 10.1.